The van der Waals surface area contributed by atoms with Crippen LogP contribution in [-0.4, -0.2) is 33.4 Å². The smallest absolute Gasteiger partial charge is 0.265 e. The number of hydrogen-bond acceptors (Lipinski definition) is 3. The summed E-state index contributed by atoms with van der Waals surface area (Å²) in [6.45, 7) is 1.51. The second kappa shape index (κ2) is 5.98. The second-order valence-corrected chi connectivity index (χ2v) is 7.08. The van der Waals surface area contributed by atoms with Gasteiger partial charge in [0.05, 0.1) is 22.4 Å². The van der Waals surface area contributed by atoms with Crippen molar-refractivity contribution in [3.05, 3.63) is 51.9 Å². The van der Waals surface area contributed by atoms with Gasteiger partial charge in [-0.3, -0.25) is 4.79 Å². The summed E-state index contributed by atoms with van der Waals surface area (Å²) in [5.41, 5.74) is 2.19. The van der Waals surface area contributed by atoms with Crippen molar-refractivity contribution >= 4 is 39.9 Å². The number of aromatic nitrogens is 2. The van der Waals surface area contributed by atoms with Crippen LogP contribution in [0.4, 0.5) is 0 Å². The van der Waals surface area contributed by atoms with Gasteiger partial charge >= 0.3 is 0 Å². The second-order valence-electron chi connectivity index (χ2n) is 5.76. The lowest BCUT2D eigenvalue weighted by molar-refractivity contribution is 0.0701. The SMILES string of the molecule is O=C(c1sccc1Cl)N1CCC(n2cnc3ccccc32)CC1. The van der Waals surface area contributed by atoms with Crippen LogP contribution in [0.15, 0.2) is 42.0 Å². The summed E-state index contributed by atoms with van der Waals surface area (Å²) in [7, 11) is 0. The molecule has 2 aromatic heterocycles. The lowest BCUT2D eigenvalue weighted by atomic mass is 10.0. The quantitative estimate of drug-likeness (QED) is 0.697. The Bertz CT molecular complexity index is 848. The third kappa shape index (κ3) is 2.64. The van der Waals surface area contributed by atoms with Gasteiger partial charge < -0.3 is 9.47 Å². The highest BCUT2D eigenvalue weighted by Gasteiger charge is 2.26. The van der Waals surface area contributed by atoms with Crippen molar-refractivity contribution in [1.29, 1.82) is 0 Å². The maximum absolute atomic E-state index is 12.5. The number of thiophene rings is 1. The van der Waals surface area contributed by atoms with Crippen LogP contribution < -0.4 is 0 Å². The average Bonchev–Trinajstić information content (AvgIpc) is 3.20. The van der Waals surface area contributed by atoms with Gasteiger partial charge in [0.1, 0.15) is 4.88 Å². The van der Waals surface area contributed by atoms with Gasteiger partial charge in [-0.05, 0) is 36.4 Å². The minimum absolute atomic E-state index is 0.0546. The van der Waals surface area contributed by atoms with Crippen LogP contribution in [0.2, 0.25) is 5.02 Å². The molecule has 1 aromatic carbocycles. The lowest BCUT2D eigenvalue weighted by Crippen LogP contribution is -2.38. The van der Waals surface area contributed by atoms with E-state index in [-0.39, 0.29) is 5.91 Å². The fraction of sp³-hybridized carbons (Fsp3) is 0.294. The number of piperidine rings is 1. The molecule has 0 saturated carbocycles. The van der Waals surface area contributed by atoms with Gasteiger partial charge in [0.2, 0.25) is 0 Å². The van der Waals surface area contributed by atoms with Gasteiger partial charge in [-0.15, -0.1) is 11.3 Å². The zero-order valence-electron chi connectivity index (χ0n) is 12.5. The van der Waals surface area contributed by atoms with Crippen LogP contribution in [0.3, 0.4) is 0 Å². The van der Waals surface area contributed by atoms with E-state index in [1.54, 1.807) is 6.07 Å². The van der Waals surface area contributed by atoms with Crippen molar-refractivity contribution < 1.29 is 4.79 Å². The standard InChI is InChI=1S/C17H16ClN3OS/c18-13-7-10-23-16(13)17(22)20-8-5-12(6-9-20)21-11-19-14-3-1-2-4-15(14)21/h1-4,7,10-12H,5-6,8-9H2. The summed E-state index contributed by atoms with van der Waals surface area (Å²) in [6, 6.07) is 10.4. The van der Waals surface area contributed by atoms with Gasteiger partial charge in [0.25, 0.3) is 5.91 Å². The first-order valence-corrected chi connectivity index (χ1v) is 8.93. The molecule has 4 nitrogen and oxygen atoms in total. The molecule has 118 valence electrons. The Morgan fingerprint density at radius 1 is 1.22 bits per heavy atom. The van der Waals surface area contributed by atoms with Crippen LogP contribution in [0, 0.1) is 0 Å². The molecule has 3 heterocycles. The molecule has 4 rings (SSSR count). The van der Waals surface area contributed by atoms with E-state index in [0.717, 1.165) is 31.4 Å². The maximum atomic E-state index is 12.5. The minimum Gasteiger partial charge on any atom is -0.338 e. The Morgan fingerprint density at radius 3 is 2.74 bits per heavy atom. The average molecular weight is 346 g/mol. The first-order chi connectivity index (χ1) is 11.2. The molecule has 1 aliphatic heterocycles. The van der Waals surface area contributed by atoms with Gasteiger partial charge in [-0.25, -0.2) is 4.98 Å². The number of benzene rings is 1. The Morgan fingerprint density at radius 2 is 2.00 bits per heavy atom. The topological polar surface area (TPSA) is 38.1 Å². The molecule has 0 unspecified atom stereocenters. The lowest BCUT2D eigenvalue weighted by Gasteiger charge is -2.32. The summed E-state index contributed by atoms with van der Waals surface area (Å²) < 4.78 is 2.25. The molecule has 6 heteroatoms. The maximum Gasteiger partial charge on any atom is 0.265 e. The van der Waals surface area contributed by atoms with E-state index in [2.05, 4.69) is 15.6 Å². The number of halogens is 1. The van der Waals surface area contributed by atoms with Crippen LogP contribution >= 0.6 is 22.9 Å². The molecular weight excluding hydrogens is 330 g/mol. The number of rotatable bonds is 2. The molecule has 1 amide bonds. The van der Waals surface area contributed by atoms with Gasteiger partial charge in [0, 0.05) is 19.1 Å². The highest BCUT2D eigenvalue weighted by atomic mass is 35.5. The van der Waals surface area contributed by atoms with E-state index in [1.165, 1.54) is 16.9 Å². The molecule has 0 aliphatic carbocycles. The van der Waals surface area contributed by atoms with Crippen LogP contribution in [-0.2, 0) is 0 Å². The van der Waals surface area contributed by atoms with E-state index >= 15 is 0 Å². The van der Waals surface area contributed by atoms with E-state index in [9.17, 15) is 4.79 Å². The molecule has 1 saturated heterocycles. The summed E-state index contributed by atoms with van der Waals surface area (Å²) in [5.74, 6) is 0.0546. The summed E-state index contributed by atoms with van der Waals surface area (Å²) >= 11 is 7.49. The Hall–Kier alpha value is -1.85. The number of hydrogen-bond donors (Lipinski definition) is 0. The molecule has 0 atom stereocenters. The summed E-state index contributed by atoms with van der Waals surface area (Å²) in [4.78, 5) is 19.5. The number of likely N-dealkylation sites (tertiary alicyclic amines) is 1. The molecule has 3 aromatic rings. The van der Waals surface area contributed by atoms with E-state index in [1.807, 2.05) is 34.8 Å². The zero-order chi connectivity index (χ0) is 15.8. The van der Waals surface area contributed by atoms with Gasteiger partial charge in [-0.1, -0.05) is 23.7 Å². The molecule has 0 bridgehead atoms. The van der Waals surface area contributed by atoms with Crippen LogP contribution in [0.5, 0.6) is 0 Å². The third-order valence-corrected chi connectivity index (χ3v) is 5.77. The molecule has 0 radical (unpaired) electrons. The van der Waals surface area contributed by atoms with Gasteiger partial charge in [-0.2, -0.15) is 0 Å². The summed E-state index contributed by atoms with van der Waals surface area (Å²) in [6.07, 6.45) is 3.80. The Kier molecular flexibility index (Phi) is 3.83. The number of imidazole rings is 1. The zero-order valence-corrected chi connectivity index (χ0v) is 14.1. The largest absolute Gasteiger partial charge is 0.338 e. The number of carbonyl (C=O) groups is 1. The molecule has 1 aliphatic rings. The van der Waals surface area contributed by atoms with Gasteiger partial charge in [0.15, 0.2) is 0 Å². The van der Waals surface area contributed by atoms with E-state index in [4.69, 9.17) is 11.6 Å². The van der Waals surface area contributed by atoms with Crippen molar-refractivity contribution in [1.82, 2.24) is 14.5 Å². The van der Waals surface area contributed by atoms with Crippen molar-refractivity contribution in [2.24, 2.45) is 0 Å². The minimum atomic E-state index is 0.0546. The van der Waals surface area contributed by atoms with Crippen molar-refractivity contribution in [3.63, 3.8) is 0 Å². The number of carbonyl (C=O) groups excluding carboxylic acids is 1. The predicted octanol–water partition coefficient (Wildman–Crippen LogP) is 4.23. The van der Waals surface area contributed by atoms with Crippen molar-refractivity contribution in [3.8, 4) is 0 Å². The highest BCUT2D eigenvalue weighted by Crippen LogP contribution is 2.29. The molecular formula is C17H16ClN3OS. The summed E-state index contributed by atoms with van der Waals surface area (Å²) in [5, 5.41) is 2.42. The number of amides is 1. The predicted molar refractivity (Wildman–Crippen MR) is 93.2 cm³/mol. The van der Waals surface area contributed by atoms with Crippen LogP contribution in [0.1, 0.15) is 28.6 Å². The number of fused-ring (bicyclic) bond motifs is 1. The molecule has 0 N–H and O–H groups in total. The monoisotopic (exact) mass is 345 g/mol. The molecule has 0 spiro atoms. The van der Waals surface area contributed by atoms with Crippen molar-refractivity contribution in [2.45, 2.75) is 18.9 Å². The first-order valence-electron chi connectivity index (χ1n) is 7.68. The van der Waals surface area contributed by atoms with E-state index < -0.39 is 0 Å². The molecule has 23 heavy (non-hydrogen) atoms. The molecule has 1 fully saturated rings. The van der Waals surface area contributed by atoms with E-state index in [0.29, 0.717) is 15.9 Å². The fourth-order valence-electron chi connectivity index (χ4n) is 3.21. The Labute approximate surface area is 143 Å². The number of para-hydroxylation sites is 2. The first kappa shape index (κ1) is 14.7. The van der Waals surface area contributed by atoms with Crippen LogP contribution in [0.25, 0.3) is 11.0 Å². The van der Waals surface area contributed by atoms with Crippen molar-refractivity contribution in [2.75, 3.05) is 13.1 Å². The Balaban J connectivity index is 1.49. The number of nitrogens with zero attached hydrogens (tertiary/aromatic N) is 3. The fourth-order valence-corrected chi connectivity index (χ4v) is 4.31. The third-order valence-electron chi connectivity index (χ3n) is 4.44. The normalized spacial score (nSPS) is 16.1. The highest BCUT2D eigenvalue weighted by molar-refractivity contribution is 7.12.